The van der Waals surface area contributed by atoms with Gasteiger partial charge in [0.05, 0.1) is 19.8 Å². The average Bonchev–Trinajstić information content (AvgIpc) is 2.82. The quantitative estimate of drug-likeness (QED) is 0.141. The molecule has 0 atom stereocenters. The summed E-state index contributed by atoms with van der Waals surface area (Å²) in [6, 6.07) is 0. The number of unbranched alkanes of at least 4 members (excludes halogenated alkanes) is 10. The van der Waals surface area contributed by atoms with E-state index in [0.717, 1.165) is 64.2 Å². The molecule has 0 heterocycles. The van der Waals surface area contributed by atoms with Crippen LogP contribution in [0, 0.1) is 0 Å². The highest BCUT2D eigenvalue weighted by atomic mass is 16.5. The highest BCUT2D eigenvalue weighted by Crippen LogP contribution is 2.53. The fourth-order valence-electron chi connectivity index (χ4n) is 3.82. The number of ether oxygens (including phenoxy) is 3. The van der Waals surface area contributed by atoms with E-state index in [1.54, 1.807) is 0 Å². The van der Waals surface area contributed by atoms with Gasteiger partial charge in [0.25, 0.3) is 0 Å². The molecule has 0 aliphatic carbocycles. The van der Waals surface area contributed by atoms with E-state index < -0.39 is 0 Å². The molecule has 192 valence electrons. The number of phenolic OH excluding ortho intramolecular Hbond substituents is 2. The second-order valence-electron chi connectivity index (χ2n) is 8.99. The van der Waals surface area contributed by atoms with E-state index >= 15 is 0 Å². The third-order valence-corrected chi connectivity index (χ3v) is 5.92. The lowest BCUT2D eigenvalue weighted by atomic mass is 10.0. The third kappa shape index (κ3) is 10.8. The molecular weight excluding hydrogens is 416 g/mol. The molecule has 0 saturated carbocycles. The third-order valence-electron chi connectivity index (χ3n) is 5.92. The first-order valence-electron chi connectivity index (χ1n) is 13.6. The van der Waals surface area contributed by atoms with E-state index in [1.807, 2.05) is 0 Å². The molecule has 2 N–H and O–H groups in total. The average molecular weight is 467 g/mol. The minimum atomic E-state index is -0.224. The van der Waals surface area contributed by atoms with Gasteiger partial charge in [-0.05, 0) is 32.1 Å². The van der Waals surface area contributed by atoms with Gasteiger partial charge in [-0.2, -0.15) is 0 Å². The minimum absolute atomic E-state index is 0.131. The number of phenols is 2. The lowest BCUT2D eigenvalue weighted by Gasteiger charge is -2.22. The van der Waals surface area contributed by atoms with Crippen molar-refractivity contribution in [3.8, 4) is 28.7 Å². The molecule has 5 heteroatoms. The van der Waals surface area contributed by atoms with Crippen LogP contribution in [0.4, 0.5) is 0 Å². The van der Waals surface area contributed by atoms with Crippen molar-refractivity contribution in [1.29, 1.82) is 0 Å². The number of hydrogen-bond donors (Lipinski definition) is 2. The Morgan fingerprint density at radius 2 is 0.879 bits per heavy atom. The van der Waals surface area contributed by atoms with Gasteiger partial charge in [0.15, 0.2) is 11.5 Å². The predicted octanol–water partition coefficient (Wildman–Crippen LogP) is 8.32. The van der Waals surface area contributed by atoms with Crippen LogP contribution in [0.1, 0.15) is 123 Å². The summed E-state index contributed by atoms with van der Waals surface area (Å²) in [7, 11) is 0. The molecule has 1 aromatic carbocycles. The van der Waals surface area contributed by atoms with Crippen LogP contribution in [0.15, 0.2) is 0 Å². The molecule has 0 bridgehead atoms. The molecular formula is C28H50O5. The molecule has 33 heavy (non-hydrogen) atoms. The van der Waals surface area contributed by atoms with Crippen LogP contribution in [0.2, 0.25) is 0 Å². The Kier molecular flexibility index (Phi) is 16.5. The van der Waals surface area contributed by atoms with Crippen molar-refractivity contribution in [3.05, 3.63) is 5.56 Å². The summed E-state index contributed by atoms with van der Waals surface area (Å²) in [6.45, 7) is 10.2. The molecule has 0 radical (unpaired) electrons. The zero-order valence-corrected chi connectivity index (χ0v) is 21.8. The van der Waals surface area contributed by atoms with E-state index in [9.17, 15) is 10.2 Å². The van der Waals surface area contributed by atoms with Crippen molar-refractivity contribution < 1.29 is 24.4 Å². The Morgan fingerprint density at radius 3 is 1.33 bits per heavy atom. The van der Waals surface area contributed by atoms with Crippen molar-refractivity contribution in [1.82, 2.24) is 0 Å². The summed E-state index contributed by atoms with van der Waals surface area (Å²) in [5.74, 6) is 0.879. The Morgan fingerprint density at radius 1 is 0.455 bits per heavy atom. The van der Waals surface area contributed by atoms with E-state index in [0.29, 0.717) is 43.3 Å². The van der Waals surface area contributed by atoms with Gasteiger partial charge in [0.2, 0.25) is 17.2 Å². The maximum atomic E-state index is 10.9. The van der Waals surface area contributed by atoms with Gasteiger partial charge in [0.1, 0.15) is 0 Å². The van der Waals surface area contributed by atoms with Gasteiger partial charge >= 0.3 is 0 Å². The van der Waals surface area contributed by atoms with Crippen LogP contribution in [0.5, 0.6) is 28.7 Å². The second kappa shape index (κ2) is 18.6. The Hall–Kier alpha value is -1.78. The highest BCUT2D eigenvalue weighted by Gasteiger charge is 2.27. The van der Waals surface area contributed by atoms with Gasteiger partial charge < -0.3 is 24.4 Å². The topological polar surface area (TPSA) is 68.2 Å². The summed E-state index contributed by atoms with van der Waals surface area (Å²) < 4.78 is 18.4. The summed E-state index contributed by atoms with van der Waals surface area (Å²) in [5, 5.41) is 21.7. The summed E-state index contributed by atoms with van der Waals surface area (Å²) >= 11 is 0. The van der Waals surface area contributed by atoms with E-state index in [2.05, 4.69) is 27.7 Å². The maximum absolute atomic E-state index is 10.9. The van der Waals surface area contributed by atoms with E-state index in [4.69, 9.17) is 14.2 Å². The summed E-state index contributed by atoms with van der Waals surface area (Å²) in [4.78, 5) is 0. The van der Waals surface area contributed by atoms with Crippen molar-refractivity contribution in [2.45, 2.75) is 124 Å². The zero-order valence-electron chi connectivity index (χ0n) is 21.8. The highest BCUT2D eigenvalue weighted by molar-refractivity contribution is 5.69. The standard InChI is InChI=1S/C28H50O5/c1-5-9-13-16-20-31-26-23(19-12-8-4)24(29)25(30)27(32-21-17-14-10-6-2)28(26)33-22-18-15-11-7-3/h29-30H,5-22H2,1-4H3. The fraction of sp³-hybridized carbons (Fsp3) is 0.786. The Balaban J connectivity index is 3.18. The molecule has 1 rings (SSSR count). The molecule has 0 unspecified atom stereocenters. The molecule has 0 amide bonds. The SMILES string of the molecule is CCCCCCOc1c(O)c(O)c(CCCC)c(OCCCCCC)c1OCCCCCC. The van der Waals surface area contributed by atoms with Gasteiger partial charge in [-0.15, -0.1) is 0 Å². The van der Waals surface area contributed by atoms with Crippen LogP contribution in [0.3, 0.4) is 0 Å². The van der Waals surface area contributed by atoms with Crippen LogP contribution in [0.25, 0.3) is 0 Å². The normalized spacial score (nSPS) is 11.0. The second-order valence-corrected chi connectivity index (χ2v) is 8.99. The van der Waals surface area contributed by atoms with Gasteiger partial charge in [-0.25, -0.2) is 0 Å². The van der Waals surface area contributed by atoms with E-state index in [-0.39, 0.29) is 17.2 Å². The van der Waals surface area contributed by atoms with Gasteiger partial charge in [0, 0.05) is 5.56 Å². The zero-order chi connectivity index (χ0) is 24.3. The number of benzene rings is 1. The van der Waals surface area contributed by atoms with Crippen molar-refractivity contribution in [2.24, 2.45) is 0 Å². The largest absolute Gasteiger partial charge is 0.504 e. The Bertz CT molecular complexity index is 629. The summed E-state index contributed by atoms with van der Waals surface area (Å²) in [5.41, 5.74) is 0.631. The molecule has 0 aromatic heterocycles. The first-order valence-corrected chi connectivity index (χ1v) is 13.6. The fourth-order valence-corrected chi connectivity index (χ4v) is 3.82. The van der Waals surface area contributed by atoms with E-state index in [1.165, 1.54) is 25.7 Å². The number of rotatable bonds is 21. The molecule has 0 saturated heterocycles. The van der Waals surface area contributed by atoms with Crippen molar-refractivity contribution in [2.75, 3.05) is 19.8 Å². The lowest BCUT2D eigenvalue weighted by Crippen LogP contribution is -2.09. The van der Waals surface area contributed by atoms with Crippen molar-refractivity contribution in [3.63, 3.8) is 0 Å². The maximum Gasteiger partial charge on any atom is 0.211 e. The van der Waals surface area contributed by atoms with Crippen LogP contribution >= 0.6 is 0 Å². The number of hydrogen-bond acceptors (Lipinski definition) is 5. The smallest absolute Gasteiger partial charge is 0.211 e. The van der Waals surface area contributed by atoms with Crippen LogP contribution in [-0.4, -0.2) is 30.0 Å². The molecule has 5 nitrogen and oxygen atoms in total. The monoisotopic (exact) mass is 466 g/mol. The predicted molar refractivity (Wildman–Crippen MR) is 137 cm³/mol. The number of aromatic hydroxyl groups is 2. The molecule has 0 spiro atoms. The van der Waals surface area contributed by atoms with Crippen LogP contribution in [-0.2, 0) is 6.42 Å². The molecule has 0 aliphatic rings. The molecule has 0 aliphatic heterocycles. The molecule has 0 fully saturated rings. The first-order chi connectivity index (χ1) is 16.1. The van der Waals surface area contributed by atoms with Gasteiger partial charge in [-0.1, -0.05) is 91.9 Å². The van der Waals surface area contributed by atoms with Gasteiger partial charge in [-0.3, -0.25) is 0 Å². The van der Waals surface area contributed by atoms with Crippen LogP contribution < -0.4 is 14.2 Å². The lowest BCUT2D eigenvalue weighted by molar-refractivity contribution is 0.223. The minimum Gasteiger partial charge on any atom is -0.504 e. The first kappa shape index (κ1) is 29.3. The Labute approximate surface area is 202 Å². The molecule has 1 aromatic rings. The van der Waals surface area contributed by atoms with Crippen molar-refractivity contribution >= 4 is 0 Å². The summed E-state index contributed by atoms with van der Waals surface area (Å²) in [6.07, 6.45) is 15.6.